The molecule has 0 saturated heterocycles. The summed E-state index contributed by atoms with van der Waals surface area (Å²) in [7, 11) is 1.78. The fraction of sp³-hybridized carbons (Fsp3) is 0.562. The Labute approximate surface area is 131 Å². The van der Waals surface area contributed by atoms with Crippen LogP contribution in [0, 0.1) is 5.92 Å². The first-order valence-corrected chi connectivity index (χ1v) is 7.58. The van der Waals surface area contributed by atoms with E-state index in [1.165, 1.54) is 0 Å². The first kappa shape index (κ1) is 16.6. The van der Waals surface area contributed by atoms with Gasteiger partial charge in [-0.3, -0.25) is 0 Å². The molecule has 0 bridgehead atoms. The Morgan fingerprint density at radius 3 is 2.91 bits per heavy atom. The highest BCUT2D eigenvalue weighted by molar-refractivity contribution is 5.72. The zero-order valence-electron chi connectivity index (χ0n) is 13.3. The lowest BCUT2D eigenvalue weighted by molar-refractivity contribution is -0.147. The number of carbonyl (C=O) groups is 1. The monoisotopic (exact) mass is 308 g/mol. The van der Waals surface area contributed by atoms with Crippen LogP contribution in [0.4, 0.5) is 5.69 Å². The molecule has 0 spiro atoms. The smallest absolute Gasteiger partial charge is 0.332 e. The van der Waals surface area contributed by atoms with Crippen LogP contribution in [-0.2, 0) is 9.63 Å². The molecule has 0 aliphatic carbocycles. The van der Waals surface area contributed by atoms with Crippen LogP contribution < -0.4 is 15.1 Å². The highest BCUT2D eigenvalue weighted by atomic mass is 16.7. The van der Waals surface area contributed by atoms with Crippen molar-refractivity contribution in [3.8, 4) is 5.75 Å². The first-order valence-electron chi connectivity index (χ1n) is 7.58. The maximum Gasteiger partial charge on any atom is 0.332 e. The van der Waals surface area contributed by atoms with Crippen molar-refractivity contribution in [3.63, 3.8) is 0 Å². The number of hydrogen-bond acceptors (Lipinski definition) is 6. The quantitative estimate of drug-likeness (QED) is 0.826. The second-order valence-corrected chi connectivity index (χ2v) is 5.63. The van der Waals surface area contributed by atoms with E-state index in [1.54, 1.807) is 12.1 Å². The number of ether oxygens (including phenoxy) is 1. The summed E-state index contributed by atoms with van der Waals surface area (Å²) in [5.41, 5.74) is 0.749. The van der Waals surface area contributed by atoms with Gasteiger partial charge in [0.05, 0.1) is 19.1 Å². The van der Waals surface area contributed by atoms with E-state index in [9.17, 15) is 9.90 Å². The third-order valence-corrected chi connectivity index (χ3v) is 3.94. The molecule has 6 nitrogen and oxygen atoms in total. The number of hydroxylamine groups is 1. The van der Waals surface area contributed by atoms with Gasteiger partial charge in [-0.05, 0) is 32.0 Å². The lowest BCUT2D eigenvalue weighted by Crippen LogP contribution is -2.41. The molecular weight excluding hydrogens is 284 g/mol. The molecular formula is C16H24N2O4. The summed E-state index contributed by atoms with van der Waals surface area (Å²) >= 11 is 0. The van der Waals surface area contributed by atoms with Gasteiger partial charge in [-0.1, -0.05) is 19.1 Å². The van der Waals surface area contributed by atoms with E-state index < -0.39 is 6.10 Å². The Morgan fingerprint density at radius 1 is 1.45 bits per heavy atom. The van der Waals surface area contributed by atoms with E-state index in [1.807, 2.05) is 38.1 Å². The molecule has 0 fully saturated rings. The summed E-state index contributed by atoms with van der Waals surface area (Å²) in [4.78, 5) is 17.5. The number of carbonyl (C=O) groups excluding carboxylic acids is 1. The zero-order valence-corrected chi connectivity index (χ0v) is 13.3. The number of benzene rings is 1. The van der Waals surface area contributed by atoms with Crippen LogP contribution in [0.5, 0.6) is 5.75 Å². The Bertz CT molecular complexity index is 509. The average Bonchev–Trinajstić information content (AvgIpc) is 2.53. The maximum absolute atomic E-state index is 12.1. The second-order valence-electron chi connectivity index (χ2n) is 5.63. The van der Waals surface area contributed by atoms with Crippen molar-refractivity contribution in [2.24, 2.45) is 5.92 Å². The second kappa shape index (κ2) is 7.47. The van der Waals surface area contributed by atoms with Gasteiger partial charge in [0, 0.05) is 6.04 Å². The number of rotatable bonds is 6. The summed E-state index contributed by atoms with van der Waals surface area (Å²) in [5.74, 6) is 0.163. The molecule has 1 aliphatic heterocycles. The normalized spacial score (nSPS) is 17.9. The summed E-state index contributed by atoms with van der Waals surface area (Å²) in [6.45, 7) is 4.68. The molecule has 6 heteroatoms. The van der Waals surface area contributed by atoms with Gasteiger partial charge in [-0.2, -0.15) is 5.06 Å². The summed E-state index contributed by atoms with van der Waals surface area (Å²) in [6.07, 6.45) is -0.443. The van der Waals surface area contributed by atoms with Gasteiger partial charge in [0.2, 0.25) is 0 Å². The number of likely N-dealkylation sites (N-methyl/N-ethyl adjacent to an activating group) is 1. The standard InChI is InChI=1S/C16H24N2O4/c1-11(16(20)12(2)17-3)10-15(19)22-18-8-9-21-14-7-5-4-6-13(14)18/h4-7,11-12,16-17,20H,8-10H2,1-3H3/t11-,12+,16-/m1/s1. The molecule has 1 heterocycles. The van der Waals surface area contributed by atoms with Gasteiger partial charge in [0.15, 0.2) is 0 Å². The molecule has 0 amide bonds. The zero-order chi connectivity index (χ0) is 16.1. The van der Waals surface area contributed by atoms with E-state index in [2.05, 4.69) is 5.32 Å². The van der Waals surface area contributed by atoms with Crippen molar-refractivity contribution in [2.45, 2.75) is 32.4 Å². The molecule has 3 atom stereocenters. The highest BCUT2D eigenvalue weighted by Gasteiger charge is 2.26. The molecule has 2 rings (SSSR count). The number of aliphatic hydroxyl groups is 1. The van der Waals surface area contributed by atoms with Gasteiger partial charge in [0.25, 0.3) is 0 Å². The number of nitrogens with one attached hydrogen (secondary N) is 1. The summed E-state index contributed by atoms with van der Waals surface area (Å²) < 4.78 is 5.52. The minimum Gasteiger partial charge on any atom is -0.489 e. The summed E-state index contributed by atoms with van der Waals surface area (Å²) in [5, 5.41) is 14.6. The molecule has 0 radical (unpaired) electrons. The predicted molar refractivity (Wildman–Crippen MR) is 83.7 cm³/mol. The predicted octanol–water partition coefficient (Wildman–Crippen LogP) is 1.34. The number of nitrogens with zero attached hydrogens (tertiary/aromatic N) is 1. The van der Waals surface area contributed by atoms with Gasteiger partial charge < -0.3 is 20.0 Å². The van der Waals surface area contributed by atoms with Crippen LogP contribution >= 0.6 is 0 Å². The van der Waals surface area contributed by atoms with Gasteiger partial charge in [0.1, 0.15) is 18.0 Å². The van der Waals surface area contributed by atoms with Crippen molar-refractivity contribution in [1.82, 2.24) is 5.32 Å². The van der Waals surface area contributed by atoms with Crippen LogP contribution in [-0.4, -0.2) is 43.4 Å². The molecule has 0 aromatic heterocycles. The van der Waals surface area contributed by atoms with E-state index in [4.69, 9.17) is 9.57 Å². The van der Waals surface area contributed by atoms with Crippen LogP contribution in [0.15, 0.2) is 24.3 Å². The largest absolute Gasteiger partial charge is 0.489 e. The van der Waals surface area contributed by atoms with Crippen molar-refractivity contribution in [3.05, 3.63) is 24.3 Å². The van der Waals surface area contributed by atoms with Gasteiger partial charge in [-0.15, -0.1) is 0 Å². The van der Waals surface area contributed by atoms with Crippen LogP contribution in [0.25, 0.3) is 0 Å². The molecule has 0 saturated carbocycles. The molecule has 2 N–H and O–H groups in total. The molecule has 22 heavy (non-hydrogen) atoms. The van der Waals surface area contributed by atoms with Crippen molar-refractivity contribution < 1.29 is 19.5 Å². The van der Waals surface area contributed by atoms with Crippen LogP contribution in [0.2, 0.25) is 0 Å². The number of para-hydroxylation sites is 2. The Balaban J connectivity index is 1.93. The fourth-order valence-corrected chi connectivity index (χ4v) is 2.45. The van der Waals surface area contributed by atoms with Crippen LogP contribution in [0.3, 0.4) is 0 Å². The Morgan fingerprint density at radius 2 is 2.18 bits per heavy atom. The van der Waals surface area contributed by atoms with E-state index in [-0.39, 0.29) is 24.3 Å². The first-order chi connectivity index (χ1) is 10.5. The molecule has 1 aromatic carbocycles. The topological polar surface area (TPSA) is 71.0 Å². The van der Waals surface area contributed by atoms with Crippen molar-refractivity contribution >= 4 is 11.7 Å². The number of aliphatic hydroxyl groups excluding tert-OH is 1. The lowest BCUT2D eigenvalue weighted by atomic mass is 9.96. The van der Waals surface area contributed by atoms with Gasteiger partial charge >= 0.3 is 5.97 Å². The summed E-state index contributed by atoms with van der Waals surface area (Å²) in [6, 6.07) is 7.36. The number of fused-ring (bicyclic) bond motifs is 1. The van der Waals surface area contributed by atoms with Gasteiger partial charge in [-0.25, -0.2) is 4.79 Å². The molecule has 1 aliphatic rings. The van der Waals surface area contributed by atoms with E-state index >= 15 is 0 Å². The highest BCUT2D eigenvalue weighted by Crippen LogP contribution is 2.31. The lowest BCUT2D eigenvalue weighted by Gasteiger charge is -2.30. The maximum atomic E-state index is 12.1. The third kappa shape index (κ3) is 3.90. The average molecular weight is 308 g/mol. The molecule has 122 valence electrons. The molecule has 1 aromatic rings. The van der Waals surface area contributed by atoms with E-state index in [0.29, 0.717) is 18.9 Å². The SMILES string of the molecule is CN[C@@H](C)[C@H](O)[C@H](C)CC(=O)ON1CCOc2ccccc21. The van der Waals surface area contributed by atoms with Crippen molar-refractivity contribution in [2.75, 3.05) is 25.3 Å². The van der Waals surface area contributed by atoms with Crippen molar-refractivity contribution in [1.29, 1.82) is 0 Å². The van der Waals surface area contributed by atoms with Crippen LogP contribution in [0.1, 0.15) is 20.3 Å². The number of hydrogen-bond donors (Lipinski definition) is 2. The Hall–Kier alpha value is -1.79. The third-order valence-electron chi connectivity index (χ3n) is 3.94. The molecule has 0 unspecified atom stereocenters. The minimum absolute atomic E-state index is 0.0769. The van der Waals surface area contributed by atoms with E-state index in [0.717, 1.165) is 5.69 Å². The Kier molecular flexibility index (Phi) is 5.63. The fourth-order valence-electron chi connectivity index (χ4n) is 2.45. The number of anilines is 1. The minimum atomic E-state index is -0.602.